The molecule has 2 aromatic rings. The van der Waals surface area contributed by atoms with E-state index >= 15 is 0 Å². The lowest BCUT2D eigenvalue weighted by atomic mass is 10.3. The highest BCUT2D eigenvalue weighted by Crippen LogP contribution is 2.18. The molecule has 1 N–H and O–H groups in total. The number of nitrogens with one attached hydrogen (secondary N) is 1. The minimum absolute atomic E-state index is 0.0857. The van der Waals surface area contributed by atoms with E-state index in [4.69, 9.17) is 4.74 Å². The van der Waals surface area contributed by atoms with Gasteiger partial charge in [-0.05, 0) is 24.3 Å². The zero-order valence-corrected chi connectivity index (χ0v) is 11.3. The number of hydrogen-bond acceptors (Lipinski definition) is 3. The maximum atomic E-state index is 11.7. The molecule has 0 aliphatic rings. The van der Waals surface area contributed by atoms with Gasteiger partial charge in [0, 0.05) is 4.90 Å². The highest BCUT2D eigenvalue weighted by molar-refractivity contribution is 7.80. The van der Waals surface area contributed by atoms with Gasteiger partial charge in [0.1, 0.15) is 5.75 Å². The molecule has 0 aromatic heterocycles. The number of carbonyl (C=O) groups excluding carboxylic acids is 1. The van der Waals surface area contributed by atoms with Crippen LogP contribution in [0.2, 0.25) is 0 Å². The summed E-state index contributed by atoms with van der Waals surface area (Å²) in [4.78, 5) is 12.5. The summed E-state index contributed by atoms with van der Waals surface area (Å²) in [5.74, 6) is 0.683. The fourth-order valence-corrected chi connectivity index (χ4v) is 1.79. The van der Waals surface area contributed by atoms with Crippen LogP contribution in [0.4, 0.5) is 5.69 Å². The number of hydrogen-bond donors (Lipinski definition) is 2. The molecule has 0 radical (unpaired) electrons. The Labute approximate surface area is 118 Å². The Morgan fingerprint density at radius 1 is 1.05 bits per heavy atom. The molecule has 4 heteroatoms. The minimum Gasteiger partial charge on any atom is -0.493 e. The monoisotopic (exact) mass is 273 g/mol. The molecule has 2 rings (SSSR count). The molecule has 0 unspecified atom stereocenters. The van der Waals surface area contributed by atoms with Crippen LogP contribution < -0.4 is 10.1 Å². The van der Waals surface area contributed by atoms with E-state index in [1.807, 2.05) is 54.6 Å². The molecule has 0 heterocycles. The van der Waals surface area contributed by atoms with Crippen LogP contribution in [0.5, 0.6) is 5.75 Å². The quantitative estimate of drug-likeness (QED) is 0.820. The third kappa shape index (κ3) is 4.34. The Bertz CT molecular complexity index is 543. The van der Waals surface area contributed by atoms with Gasteiger partial charge in [0.25, 0.3) is 0 Å². The minimum atomic E-state index is -0.0857. The van der Waals surface area contributed by atoms with Crippen LogP contribution in [0.1, 0.15) is 6.42 Å². The van der Waals surface area contributed by atoms with Crippen LogP contribution in [-0.4, -0.2) is 12.5 Å². The van der Waals surface area contributed by atoms with E-state index in [-0.39, 0.29) is 5.91 Å². The van der Waals surface area contributed by atoms with Crippen LogP contribution in [-0.2, 0) is 4.79 Å². The fraction of sp³-hybridized carbons (Fsp3) is 0.133. The van der Waals surface area contributed by atoms with E-state index in [1.54, 1.807) is 0 Å². The second-order valence-corrected chi connectivity index (χ2v) is 4.46. The van der Waals surface area contributed by atoms with Crippen molar-refractivity contribution in [2.24, 2.45) is 0 Å². The maximum absolute atomic E-state index is 11.7. The number of para-hydroxylation sites is 2. The van der Waals surface area contributed by atoms with Crippen molar-refractivity contribution in [3.8, 4) is 5.75 Å². The fourth-order valence-electron chi connectivity index (χ4n) is 1.57. The number of anilines is 1. The van der Waals surface area contributed by atoms with Crippen molar-refractivity contribution in [2.45, 2.75) is 11.3 Å². The largest absolute Gasteiger partial charge is 0.493 e. The average molecular weight is 273 g/mol. The van der Waals surface area contributed by atoms with Crippen molar-refractivity contribution in [1.29, 1.82) is 0 Å². The number of benzene rings is 2. The van der Waals surface area contributed by atoms with Crippen LogP contribution in [0.3, 0.4) is 0 Å². The summed E-state index contributed by atoms with van der Waals surface area (Å²) in [6.07, 6.45) is 0.303. The van der Waals surface area contributed by atoms with E-state index in [0.29, 0.717) is 13.0 Å². The topological polar surface area (TPSA) is 38.3 Å². The third-order valence-electron chi connectivity index (χ3n) is 2.52. The van der Waals surface area contributed by atoms with Crippen LogP contribution in [0.25, 0.3) is 0 Å². The van der Waals surface area contributed by atoms with Gasteiger partial charge in [0.15, 0.2) is 0 Å². The van der Waals surface area contributed by atoms with Gasteiger partial charge in [-0.1, -0.05) is 30.3 Å². The second-order valence-electron chi connectivity index (χ2n) is 3.98. The summed E-state index contributed by atoms with van der Waals surface area (Å²) in [6.45, 7) is 0.352. The Kier molecular flexibility index (Phi) is 4.86. The molecule has 0 saturated carbocycles. The number of ether oxygens (including phenoxy) is 1. The average Bonchev–Trinajstić information content (AvgIpc) is 2.43. The Morgan fingerprint density at radius 3 is 2.47 bits per heavy atom. The first-order valence-corrected chi connectivity index (χ1v) is 6.46. The summed E-state index contributed by atoms with van der Waals surface area (Å²) >= 11 is 4.27. The van der Waals surface area contributed by atoms with Crippen molar-refractivity contribution in [2.75, 3.05) is 11.9 Å². The van der Waals surface area contributed by atoms with Crippen molar-refractivity contribution < 1.29 is 9.53 Å². The molecule has 0 spiro atoms. The molecule has 0 aliphatic carbocycles. The lowest BCUT2D eigenvalue weighted by Crippen LogP contribution is -2.15. The Balaban J connectivity index is 1.78. The summed E-state index contributed by atoms with van der Waals surface area (Å²) in [5.41, 5.74) is 0.718. The zero-order valence-electron chi connectivity index (χ0n) is 10.4. The van der Waals surface area contributed by atoms with Gasteiger partial charge in [0.2, 0.25) is 5.91 Å². The molecule has 2 aromatic carbocycles. The third-order valence-corrected chi connectivity index (χ3v) is 2.91. The van der Waals surface area contributed by atoms with Gasteiger partial charge in [-0.2, -0.15) is 0 Å². The van der Waals surface area contributed by atoms with Crippen molar-refractivity contribution >= 4 is 24.2 Å². The van der Waals surface area contributed by atoms with Crippen molar-refractivity contribution in [1.82, 2.24) is 0 Å². The molecule has 0 bridgehead atoms. The van der Waals surface area contributed by atoms with E-state index in [1.165, 1.54) is 0 Å². The molecular weight excluding hydrogens is 258 g/mol. The summed E-state index contributed by atoms with van der Waals surface area (Å²) < 4.78 is 5.46. The van der Waals surface area contributed by atoms with Crippen LogP contribution in [0.15, 0.2) is 59.5 Å². The normalized spacial score (nSPS) is 9.95. The molecule has 1 amide bonds. The Morgan fingerprint density at radius 2 is 1.74 bits per heavy atom. The molecule has 0 atom stereocenters. The molecule has 19 heavy (non-hydrogen) atoms. The first-order valence-electron chi connectivity index (χ1n) is 6.01. The van der Waals surface area contributed by atoms with Crippen molar-refractivity contribution in [3.05, 3.63) is 54.6 Å². The first kappa shape index (κ1) is 13.5. The predicted molar refractivity (Wildman–Crippen MR) is 78.9 cm³/mol. The number of rotatable bonds is 5. The SMILES string of the molecule is O=C(CCOc1ccccc1)Nc1ccccc1S. The second kappa shape index (κ2) is 6.85. The van der Waals surface area contributed by atoms with E-state index < -0.39 is 0 Å². The van der Waals surface area contributed by atoms with Gasteiger partial charge in [-0.3, -0.25) is 4.79 Å². The first-order chi connectivity index (χ1) is 9.25. The van der Waals surface area contributed by atoms with Crippen LogP contribution >= 0.6 is 12.6 Å². The van der Waals surface area contributed by atoms with Gasteiger partial charge in [-0.25, -0.2) is 0 Å². The highest BCUT2D eigenvalue weighted by atomic mass is 32.1. The molecule has 98 valence electrons. The number of amides is 1. The van der Waals surface area contributed by atoms with E-state index in [0.717, 1.165) is 16.3 Å². The standard InChI is InChI=1S/C15H15NO2S/c17-15(16-13-8-4-5-9-14(13)19)10-11-18-12-6-2-1-3-7-12/h1-9,19H,10-11H2,(H,16,17). The maximum Gasteiger partial charge on any atom is 0.227 e. The van der Waals surface area contributed by atoms with Crippen molar-refractivity contribution in [3.63, 3.8) is 0 Å². The molecule has 3 nitrogen and oxygen atoms in total. The molecular formula is C15H15NO2S. The van der Waals surface area contributed by atoms with E-state index in [9.17, 15) is 4.79 Å². The number of carbonyl (C=O) groups is 1. The van der Waals surface area contributed by atoms with Crippen LogP contribution in [0, 0.1) is 0 Å². The lowest BCUT2D eigenvalue weighted by molar-refractivity contribution is -0.116. The summed E-state index contributed by atoms with van der Waals surface area (Å²) in [7, 11) is 0. The Hall–Kier alpha value is -1.94. The van der Waals surface area contributed by atoms with E-state index in [2.05, 4.69) is 17.9 Å². The molecule has 0 aliphatic heterocycles. The molecule has 0 saturated heterocycles. The predicted octanol–water partition coefficient (Wildman–Crippen LogP) is 3.38. The summed E-state index contributed by atoms with van der Waals surface area (Å²) in [6, 6.07) is 16.8. The zero-order chi connectivity index (χ0) is 13.5. The van der Waals surface area contributed by atoms with Gasteiger partial charge in [-0.15, -0.1) is 12.6 Å². The highest BCUT2D eigenvalue weighted by Gasteiger charge is 2.04. The number of thiol groups is 1. The summed E-state index contributed by atoms with van der Waals surface area (Å²) in [5, 5.41) is 2.80. The molecule has 0 fully saturated rings. The van der Waals surface area contributed by atoms with Gasteiger partial charge in [0.05, 0.1) is 18.7 Å². The van der Waals surface area contributed by atoms with Gasteiger partial charge >= 0.3 is 0 Å². The lowest BCUT2D eigenvalue weighted by Gasteiger charge is -2.08. The smallest absolute Gasteiger partial charge is 0.227 e. The van der Waals surface area contributed by atoms with Gasteiger partial charge < -0.3 is 10.1 Å².